The average molecular weight is 178 g/mol. The number of hydrogen-bond donors (Lipinski definition) is 1. The molecule has 1 aromatic rings. The number of benzene rings is 1. The molecule has 0 bridgehead atoms. The third-order valence-electron chi connectivity index (χ3n) is 1.88. The van der Waals surface area contributed by atoms with Crippen LogP contribution in [0.2, 0.25) is 0 Å². The summed E-state index contributed by atoms with van der Waals surface area (Å²) in [5.41, 5.74) is 0.725. The lowest BCUT2D eigenvalue weighted by molar-refractivity contribution is 0.0949. The van der Waals surface area contributed by atoms with Gasteiger partial charge in [0, 0.05) is 12.0 Å². The molecule has 0 aliphatic heterocycles. The molecule has 0 aliphatic carbocycles. The summed E-state index contributed by atoms with van der Waals surface area (Å²) in [6, 6.07) is 9.16. The summed E-state index contributed by atoms with van der Waals surface area (Å²) in [6.07, 6.45) is 0.558. The number of carbonyl (C=O) groups is 1. The summed E-state index contributed by atoms with van der Waals surface area (Å²) in [5.74, 6) is 0.0986. The Morgan fingerprint density at radius 3 is 2.54 bits per heavy atom. The highest BCUT2D eigenvalue weighted by Gasteiger charge is 2.05. The van der Waals surface area contributed by atoms with E-state index < -0.39 is 6.10 Å². The van der Waals surface area contributed by atoms with Crippen molar-refractivity contribution < 1.29 is 9.90 Å². The van der Waals surface area contributed by atoms with Crippen molar-refractivity contribution in [1.82, 2.24) is 0 Å². The molecule has 0 amide bonds. The van der Waals surface area contributed by atoms with Gasteiger partial charge in [-0.1, -0.05) is 30.3 Å². The third kappa shape index (κ3) is 3.38. The first kappa shape index (κ1) is 9.93. The predicted molar refractivity (Wildman–Crippen MR) is 51.7 cm³/mol. The van der Waals surface area contributed by atoms with Crippen LogP contribution >= 0.6 is 0 Å². The minimum atomic E-state index is -0.396. The molecule has 1 rings (SSSR count). The lowest BCUT2D eigenvalue weighted by Crippen LogP contribution is -2.05. The van der Waals surface area contributed by atoms with Crippen LogP contribution in [0.5, 0.6) is 0 Å². The van der Waals surface area contributed by atoms with Crippen LogP contribution in [0.15, 0.2) is 30.3 Å². The number of hydrogen-bond acceptors (Lipinski definition) is 2. The van der Waals surface area contributed by atoms with E-state index in [1.165, 1.54) is 0 Å². The van der Waals surface area contributed by atoms with Gasteiger partial charge in [-0.3, -0.25) is 4.79 Å². The fraction of sp³-hybridized carbons (Fsp3) is 0.364. The Balaban J connectivity index is 2.50. The number of rotatable bonds is 4. The van der Waals surface area contributed by atoms with Crippen molar-refractivity contribution in [3.63, 3.8) is 0 Å². The second-order valence-corrected chi connectivity index (χ2v) is 3.18. The van der Waals surface area contributed by atoms with Gasteiger partial charge in [-0.2, -0.15) is 0 Å². The lowest BCUT2D eigenvalue weighted by atomic mass is 10.1. The quantitative estimate of drug-likeness (QED) is 0.716. The molecule has 0 heterocycles. The lowest BCUT2D eigenvalue weighted by Gasteiger charge is -2.02. The van der Waals surface area contributed by atoms with E-state index in [4.69, 9.17) is 5.11 Å². The second-order valence-electron chi connectivity index (χ2n) is 3.18. The zero-order valence-electron chi connectivity index (χ0n) is 7.73. The Morgan fingerprint density at radius 1 is 1.38 bits per heavy atom. The van der Waals surface area contributed by atoms with Gasteiger partial charge in [0.1, 0.15) is 0 Å². The van der Waals surface area contributed by atoms with E-state index in [9.17, 15) is 4.79 Å². The minimum Gasteiger partial charge on any atom is -0.393 e. The highest BCUT2D eigenvalue weighted by Crippen LogP contribution is 2.06. The maximum Gasteiger partial charge on any atom is 0.162 e. The van der Waals surface area contributed by atoms with Crippen molar-refractivity contribution in [1.29, 1.82) is 0 Å². The van der Waals surface area contributed by atoms with Crippen LogP contribution in [0.1, 0.15) is 30.1 Å². The smallest absolute Gasteiger partial charge is 0.162 e. The van der Waals surface area contributed by atoms with Crippen molar-refractivity contribution >= 4 is 5.78 Å². The van der Waals surface area contributed by atoms with Crippen LogP contribution in [0.4, 0.5) is 0 Å². The molecule has 1 atom stereocenters. The van der Waals surface area contributed by atoms with Crippen molar-refractivity contribution in [2.75, 3.05) is 0 Å². The maximum absolute atomic E-state index is 11.4. The van der Waals surface area contributed by atoms with Crippen LogP contribution < -0.4 is 0 Å². The maximum atomic E-state index is 11.4. The van der Waals surface area contributed by atoms with Gasteiger partial charge in [0.25, 0.3) is 0 Å². The third-order valence-corrected chi connectivity index (χ3v) is 1.88. The first-order valence-electron chi connectivity index (χ1n) is 4.46. The molecule has 0 aromatic heterocycles. The number of aliphatic hydroxyl groups excluding tert-OH is 1. The van der Waals surface area contributed by atoms with Gasteiger partial charge in [0.2, 0.25) is 0 Å². The van der Waals surface area contributed by atoms with E-state index >= 15 is 0 Å². The predicted octanol–water partition coefficient (Wildman–Crippen LogP) is 2.03. The number of Topliss-reactive ketones (excluding diaryl/α,β-unsaturated/α-hetero) is 1. The molecule has 1 aromatic carbocycles. The molecule has 1 N–H and O–H groups in total. The molecule has 0 radical (unpaired) electrons. The largest absolute Gasteiger partial charge is 0.393 e. The van der Waals surface area contributed by atoms with Gasteiger partial charge in [-0.05, 0) is 13.3 Å². The Kier molecular flexibility index (Phi) is 3.65. The molecule has 0 saturated heterocycles. The Hall–Kier alpha value is -1.15. The monoisotopic (exact) mass is 178 g/mol. The fourth-order valence-electron chi connectivity index (χ4n) is 1.11. The molecule has 70 valence electrons. The zero-order valence-corrected chi connectivity index (χ0v) is 7.73. The first-order valence-corrected chi connectivity index (χ1v) is 4.46. The minimum absolute atomic E-state index is 0.0986. The topological polar surface area (TPSA) is 37.3 Å². The van der Waals surface area contributed by atoms with Gasteiger partial charge in [0.05, 0.1) is 6.10 Å². The van der Waals surface area contributed by atoms with Crippen molar-refractivity contribution in [2.45, 2.75) is 25.9 Å². The number of ketones is 1. The van der Waals surface area contributed by atoms with Crippen molar-refractivity contribution in [3.8, 4) is 0 Å². The number of carbonyl (C=O) groups excluding carboxylic acids is 1. The van der Waals surface area contributed by atoms with Gasteiger partial charge < -0.3 is 5.11 Å². The van der Waals surface area contributed by atoms with Gasteiger partial charge in [-0.15, -0.1) is 0 Å². The molecule has 2 nitrogen and oxygen atoms in total. The van der Waals surface area contributed by atoms with Crippen LogP contribution in [0.3, 0.4) is 0 Å². The normalized spacial score (nSPS) is 12.5. The van der Waals surface area contributed by atoms with Crippen LogP contribution in [-0.4, -0.2) is 17.0 Å². The van der Waals surface area contributed by atoms with Gasteiger partial charge >= 0.3 is 0 Å². The van der Waals surface area contributed by atoms with E-state index in [0.717, 1.165) is 5.56 Å². The molecular weight excluding hydrogens is 164 g/mol. The van der Waals surface area contributed by atoms with Gasteiger partial charge in [0.15, 0.2) is 5.78 Å². The van der Waals surface area contributed by atoms with E-state index in [1.807, 2.05) is 18.2 Å². The zero-order chi connectivity index (χ0) is 9.68. The summed E-state index contributed by atoms with van der Waals surface area (Å²) >= 11 is 0. The highest BCUT2D eigenvalue weighted by atomic mass is 16.3. The molecule has 13 heavy (non-hydrogen) atoms. The summed E-state index contributed by atoms with van der Waals surface area (Å²) in [5, 5.41) is 9.00. The standard InChI is InChI=1S/C11H14O2/c1-9(12)7-8-11(13)10-5-3-2-4-6-10/h2-6,9,12H,7-8H2,1H3. The van der Waals surface area contributed by atoms with Crippen LogP contribution in [-0.2, 0) is 0 Å². The van der Waals surface area contributed by atoms with Crippen molar-refractivity contribution in [3.05, 3.63) is 35.9 Å². The molecule has 0 saturated carbocycles. The van der Waals surface area contributed by atoms with Gasteiger partial charge in [-0.25, -0.2) is 0 Å². The highest BCUT2D eigenvalue weighted by molar-refractivity contribution is 5.95. The SMILES string of the molecule is CC(O)CCC(=O)c1ccccc1. The van der Waals surface area contributed by atoms with E-state index in [1.54, 1.807) is 19.1 Å². The summed E-state index contributed by atoms with van der Waals surface area (Å²) in [6.45, 7) is 1.69. The molecule has 2 heteroatoms. The molecular formula is C11H14O2. The fourth-order valence-corrected chi connectivity index (χ4v) is 1.11. The number of aliphatic hydroxyl groups is 1. The second kappa shape index (κ2) is 4.77. The Morgan fingerprint density at radius 2 is 2.00 bits per heavy atom. The molecule has 0 fully saturated rings. The first-order chi connectivity index (χ1) is 6.20. The van der Waals surface area contributed by atoms with E-state index in [2.05, 4.69) is 0 Å². The van der Waals surface area contributed by atoms with Crippen LogP contribution in [0.25, 0.3) is 0 Å². The molecule has 1 unspecified atom stereocenters. The Labute approximate surface area is 78.2 Å². The van der Waals surface area contributed by atoms with Crippen molar-refractivity contribution in [2.24, 2.45) is 0 Å². The summed E-state index contributed by atoms with van der Waals surface area (Å²) in [7, 11) is 0. The summed E-state index contributed by atoms with van der Waals surface area (Å²) in [4.78, 5) is 11.4. The van der Waals surface area contributed by atoms with Crippen LogP contribution in [0, 0.1) is 0 Å². The average Bonchev–Trinajstić information content (AvgIpc) is 2.15. The molecule has 0 spiro atoms. The van der Waals surface area contributed by atoms with E-state index in [-0.39, 0.29) is 5.78 Å². The summed E-state index contributed by atoms with van der Waals surface area (Å²) < 4.78 is 0. The molecule has 0 aliphatic rings. The van der Waals surface area contributed by atoms with E-state index in [0.29, 0.717) is 12.8 Å². The Bertz CT molecular complexity index is 265.